The van der Waals surface area contributed by atoms with E-state index in [1.54, 1.807) is 0 Å². The van der Waals surface area contributed by atoms with Crippen molar-refractivity contribution in [3.8, 4) is 0 Å². The molecule has 1 saturated carbocycles. The second-order valence-electron chi connectivity index (χ2n) is 9.31. The van der Waals surface area contributed by atoms with Crippen LogP contribution in [0, 0.1) is 0 Å². The maximum Gasteiger partial charge on any atom is 0.522 e. The summed E-state index contributed by atoms with van der Waals surface area (Å²) in [5, 5.41) is 11.7. The maximum absolute atomic E-state index is 15.0. The Labute approximate surface area is 214 Å². The van der Waals surface area contributed by atoms with Crippen molar-refractivity contribution in [2.24, 2.45) is 0 Å². The molecule has 0 radical (unpaired) electrons. The van der Waals surface area contributed by atoms with Crippen LogP contribution in [0.4, 0.5) is 47.3 Å². The molecule has 3 N–H and O–H groups in total. The third kappa shape index (κ3) is 6.00. The second-order valence-corrected chi connectivity index (χ2v) is 9.31. The molecule has 3 aromatic heterocycles. The van der Waals surface area contributed by atoms with Gasteiger partial charge in [-0.15, -0.1) is 13.2 Å². The molecule has 2 aliphatic rings. The van der Waals surface area contributed by atoms with Crippen LogP contribution in [0.15, 0.2) is 18.5 Å². The summed E-state index contributed by atoms with van der Waals surface area (Å²) < 4.78 is 108. The summed E-state index contributed by atoms with van der Waals surface area (Å²) in [6.07, 6.45) is -11.9. The lowest BCUT2D eigenvalue weighted by Gasteiger charge is -2.17. The number of ether oxygens (including phenoxy) is 3. The molecule has 212 valence electrons. The third-order valence-electron chi connectivity index (χ3n) is 6.12. The number of carbonyl (C=O) groups is 1. The first-order valence-corrected chi connectivity index (χ1v) is 11.4. The number of nitrogens with one attached hydrogen (secondary N) is 3. The number of alkyl carbamates (subject to hydrolysis) is 1. The number of H-pyrrole nitrogens is 1. The van der Waals surface area contributed by atoms with Crippen LogP contribution < -0.4 is 10.6 Å². The van der Waals surface area contributed by atoms with E-state index in [0.717, 1.165) is 23.4 Å². The highest BCUT2D eigenvalue weighted by atomic mass is 19.4. The highest BCUT2D eigenvalue weighted by Crippen LogP contribution is 2.37. The SMILES string of the molecule is CC1(NC(=O)O[C@H]2CO[C@@H](c3cc(Nc4ncc(C(F)(F)F)c5nc(COC(F)(F)F)cn45)n[nH]3)[C@H]2F)CC1. The van der Waals surface area contributed by atoms with Gasteiger partial charge in [-0.3, -0.25) is 14.2 Å². The highest BCUT2D eigenvalue weighted by molar-refractivity contribution is 5.69. The first-order chi connectivity index (χ1) is 18.2. The van der Waals surface area contributed by atoms with Crippen LogP contribution in [-0.2, 0) is 27.0 Å². The van der Waals surface area contributed by atoms with Gasteiger partial charge in [0.1, 0.15) is 11.7 Å². The lowest BCUT2D eigenvalue weighted by Crippen LogP contribution is -2.39. The molecule has 1 saturated heterocycles. The third-order valence-corrected chi connectivity index (χ3v) is 6.12. The van der Waals surface area contributed by atoms with Gasteiger partial charge in [-0.25, -0.2) is 19.2 Å². The van der Waals surface area contributed by atoms with Gasteiger partial charge in [-0.05, 0) is 19.8 Å². The minimum atomic E-state index is -5.02. The molecule has 18 heteroatoms. The maximum atomic E-state index is 15.0. The summed E-state index contributed by atoms with van der Waals surface area (Å²) in [5.41, 5.74) is -2.69. The highest BCUT2D eigenvalue weighted by Gasteiger charge is 2.44. The zero-order chi connectivity index (χ0) is 28.2. The molecule has 1 aliphatic carbocycles. The van der Waals surface area contributed by atoms with Gasteiger partial charge in [0.2, 0.25) is 5.95 Å². The molecule has 3 atom stereocenters. The smallest absolute Gasteiger partial charge is 0.441 e. The average molecular weight is 567 g/mol. The van der Waals surface area contributed by atoms with Gasteiger partial charge in [0, 0.05) is 24.0 Å². The van der Waals surface area contributed by atoms with E-state index >= 15 is 0 Å². The number of hydrogen-bond donors (Lipinski definition) is 3. The fraction of sp³-hybridized carbons (Fsp3) is 0.524. The number of anilines is 2. The molecular formula is C21H20F7N7O4. The number of hydrogen-bond acceptors (Lipinski definition) is 8. The molecule has 11 nitrogen and oxygen atoms in total. The molecule has 39 heavy (non-hydrogen) atoms. The van der Waals surface area contributed by atoms with Crippen molar-refractivity contribution >= 4 is 23.5 Å². The van der Waals surface area contributed by atoms with Crippen molar-refractivity contribution in [2.75, 3.05) is 11.9 Å². The number of alkyl halides is 7. The normalized spacial score (nSPS) is 22.7. The second kappa shape index (κ2) is 9.51. The largest absolute Gasteiger partial charge is 0.522 e. The number of rotatable bonds is 7. The summed E-state index contributed by atoms with van der Waals surface area (Å²) in [7, 11) is 0. The summed E-state index contributed by atoms with van der Waals surface area (Å²) in [6, 6.07) is 1.29. The average Bonchev–Trinajstić information content (AvgIpc) is 3.19. The Morgan fingerprint density at radius 3 is 2.69 bits per heavy atom. The first kappa shape index (κ1) is 26.9. The molecule has 4 heterocycles. The van der Waals surface area contributed by atoms with E-state index in [4.69, 9.17) is 9.47 Å². The predicted molar refractivity (Wildman–Crippen MR) is 115 cm³/mol. The Bertz CT molecular complexity index is 1370. The minimum Gasteiger partial charge on any atom is -0.441 e. The molecule has 0 bridgehead atoms. The fourth-order valence-electron chi connectivity index (χ4n) is 3.87. The van der Waals surface area contributed by atoms with Gasteiger partial charge in [-0.2, -0.15) is 18.3 Å². The molecule has 0 spiro atoms. The van der Waals surface area contributed by atoms with Crippen LogP contribution in [-0.4, -0.2) is 61.4 Å². The summed E-state index contributed by atoms with van der Waals surface area (Å²) in [5.74, 6) is -0.308. The van der Waals surface area contributed by atoms with E-state index in [1.807, 2.05) is 6.92 Å². The van der Waals surface area contributed by atoms with Crippen LogP contribution in [0.2, 0.25) is 0 Å². The molecule has 0 unspecified atom stereocenters. The van der Waals surface area contributed by atoms with Crippen LogP contribution in [0.3, 0.4) is 0 Å². The van der Waals surface area contributed by atoms with Crippen LogP contribution in [0.5, 0.6) is 0 Å². The summed E-state index contributed by atoms with van der Waals surface area (Å²) in [6.45, 7) is 0.469. The Balaban J connectivity index is 1.31. The molecular weight excluding hydrogens is 547 g/mol. The number of imidazole rings is 1. The lowest BCUT2D eigenvalue weighted by molar-refractivity contribution is -0.330. The van der Waals surface area contributed by atoms with Crippen LogP contribution in [0.1, 0.15) is 42.8 Å². The van der Waals surface area contributed by atoms with Crippen molar-refractivity contribution in [2.45, 2.75) is 62.8 Å². The summed E-state index contributed by atoms with van der Waals surface area (Å²) >= 11 is 0. The lowest BCUT2D eigenvalue weighted by atomic mass is 10.1. The number of aromatic amines is 1. The van der Waals surface area contributed by atoms with E-state index in [0.29, 0.717) is 6.20 Å². The number of amides is 1. The molecule has 2 fully saturated rings. The van der Waals surface area contributed by atoms with Gasteiger partial charge in [0.15, 0.2) is 23.7 Å². The zero-order valence-electron chi connectivity index (χ0n) is 19.9. The first-order valence-electron chi connectivity index (χ1n) is 11.4. The van der Waals surface area contributed by atoms with E-state index in [-0.39, 0.29) is 29.6 Å². The molecule has 0 aromatic carbocycles. The fourth-order valence-corrected chi connectivity index (χ4v) is 3.87. The van der Waals surface area contributed by atoms with Gasteiger partial charge < -0.3 is 20.1 Å². The number of aromatic nitrogens is 5. The van der Waals surface area contributed by atoms with Crippen molar-refractivity contribution in [3.05, 3.63) is 35.4 Å². The monoisotopic (exact) mass is 567 g/mol. The van der Waals surface area contributed by atoms with E-state index in [2.05, 4.69) is 35.5 Å². The number of nitrogens with zero attached hydrogens (tertiary/aromatic N) is 4. The molecule has 3 aromatic rings. The topological polar surface area (TPSA) is 128 Å². The zero-order valence-corrected chi connectivity index (χ0v) is 19.9. The number of halogens is 7. The Morgan fingerprint density at radius 1 is 1.28 bits per heavy atom. The quantitative estimate of drug-likeness (QED) is 0.361. The van der Waals surface area contributed by atoms with Crippen LogP contribution in [0.25, 0.3) is 5.65 Å². The van der Waals surface area contributed by atoms with E-state index < -0.39 is 60.5 Å². The van der Waals surface area contributed by atoms with Crippen molar-refractivity contribution < 1.29 is 49.7 Å². The van der Waals surface area contributed by atoms with Crippen LogP contribution >= 0.6 is 0 Å². The molecule has 1 aliphatic heterocycles. The number of fused-ring (bicyclic) bond motifs is 1. The van der Waals surface area contributed by atoms with E-state index in [1.165, 1.54) is 6.07 Å². The van der Waals surface area contributed by atoms with Crippen molar-refractivity contribution in [1.29, 1.82) is 0 Å². The molecule has 5 rings (SSSR count). The predicted octanol–water partition coefficient (Wildman–Crippen LogP) is 4.31. The number of carbonyl (C=O) groups excluding carboxylic acids is 1. The van der Waals surface area contributed by atoms with Gasteiger partial charge in [-0.1, -0.05) is 0 Å². The van der Waals surface area contributed by atoms with E-state index in [9.17, 15) is 35.5 Å². The Hall–Kier alpha value is -3.67. The molecule has 1 amide bonds. The Morgan fingerprint density at radius 2 is 2.03 bits per heavy atom. The standard InChI is InChI=1S/C21H20F7N7O4/c1-19(2-3-19)32-18(36)39-12-8-37-15(14(12)22)11-4-13(34-33-11)31-17-29-5-10(20(23,24)25)16-30-9(6-35(16)17)7-38-21(26,27)28/h4-6,12,14-15H,2-3,7-8H2,1H3,(H,32,36)(H2,29,31,33,34)/t12-,14-,15-/m0/s1. The minimum absolute atomic E-state index is 0.0279. The van der Waals surface area contributed by atoms with Gasteiger partial charge >= 0.3 is 18.6 Å². The van der Waals surface area contributed by atoms with Gasteiger partial charge in [0.25, 0.3) is 0 Å². The Kier molecular flexibility index (Phi) is 6.56. The van der Waals surface area contributed by atoms with Gasteiger partial charge in [0.05, 0.1) is 24.6 Å². The van der Waals surface area contributed by atoms with Crippen molar-refractivity contribution in [1.82, 2.24) is 29.9 Å². The van der Waals surface area contributed by atoms with Crippen molar-refractivity contribution in [3.63, 3.8) is 0 Å². The summed E-state index contributed by atoms with van der Waals surface area (Å²) in [4.78, 5) is 19.3.